The molecule has 0 bridgehead atoms. The zero-order valence-corrected chi connectivity index (χ0v) is 13.8. The summed E-state index contributed by atoms with van der Waals surface area (Å²) >= 11 is 0. The number of nitrogens with one attached hydrogen (secondary N) is 2. The van der Waals surface area contributed by atoms with Crippen molar-refractivity contribution >= 4 is 16.8 Å². The second kappa shape index (κ2) is 6.91. The van der Waals surface area contributed by atoms with Crippen LogP contribution in [-0.2, 0) is 11.3 Å². The molecule has 3 aromatic rings. The maximum atomic E-state index is 13.6. The summed E-state index contributed by atoms with van der Waals surface area (Å²) in [5.74, 6) is -2.16. The summed E-state index contributed by atoms with van der Waals surface area (Å²) in [6.45, 7) is 1.19. The first-order valence-electron chi connectivity index (χ1n) is 7.83. The molecule has 0 unspecified atom stereocenters. The Morgan fingerprint density at radius 3 is 2.69 bits per heavy atom. The van der Waals surface area contributed by atoms with Crippen molar-refractivity contribution in [3.8, 4) is 0 Å². The average Bonchev–Trinajstić information content (AvgIpc) is 2.60. The van der Waals surface area contributed by atoms with Crippen LogP contribution in [-0.4, -0.2) is 15.5 Å². The van der Waals surface area contributed by atoms with Crippen LogP contribution in [0.5, 0.6) is 0 Å². The average molecular weight is 363 g/mol. The molecule has 2 N–H and O–H groups in total. The number of rotatable bonds is 4. The smallest absolute Gasteiger partial charge is 0.329 e. The molecule has 0 aliphatic rings. The van der Waals surface area contributed by atoms with Crippen LogP contribution in [0.25, 0.3) is 10.9 Å². The van der Waals surface area contributed by atoms with E-state index in [1.807, 2.05) is 0 Å². The van der Waals surface area contributed by atoms with Crippen LogP contribution in [0.2, 0.25) is 0 Å². The Labute approximate surface area is 149 Å². The molecule has 0 spiro atoms. The highest BCUT2D eigenvalue weighted by molar-refractivity contribution is 5.81. The van der Waals surface area contributed by atoms with Crippen molar-refractivity contribution in [2.75, 3.05) is 0 Å². The number of para-hydroxylation sites is 1. The van der Waals surface area contributed by atoms with Gasteiger partial charge in [0.05, 0.1) is 10.9 Å². The van der Waals surface area contributed by atoms with E-state index in [1.54, 1.807) is 24.3 Å². The fraction of sp³-hybridized carbons (Fsp3) is 0.167. The van der Waals surface area contributed by atoms with Gasteiger partial charge in [0, 0.05) is 21.0 Å². The Bertz CT molecular complexity index is 1120. The van der Waals surface area contributed by atoms with Gasteiger partial charge in [-0.05, 0) is 25.1 Å². The molecular formula is C18H19F2N3O3. The van der Waals surface area contributed by atoms with Crippen LogP contribution in [0.15, 0.2) is 52.1 Å². The van der Waals surface area contributed by atoms with Crippen molar-refractivity contribution < 1.29 is 16.4 Å². The number of carbonyl (C=O) groups excluding carboxylic acids is 1. The lowest BCUT2D eigenvalue weighted by Gasteiger charge is -2.15. The first-order valence-corrected chi connectivity index (χ1v) is 7.83. The first kappa shape index (κ1) is 17.5. The van der Waals surface area contributed by atoms with Crippen molar-refractivity contribution in [3.05, 3.63) is 80.5 Å². The molecule has 0 aliphatic heterocycles. The van der Waals surface area contributed by atoms with Crippen LogP contribution in [0, 0.1) is 11.6 Å². The number of hydrogen-bond acceptors (Lipinski definition) is 3. The van der Waals surface area contributed by atoms with Crippen LogP contribution < -0.4 is 16.6 Å². The normalized spacial score (nSPS) is 12.1. The van der Waals surface area contributed by atoms with E-state index < -0.39 is 34.8 Å². The topological polar surface area (TPSA) is 84.0 Å². The third-order valence-electron chi connectivity index (χ3n) is 4.07. The maximum absolute atomic E-state index is 13.6. The Morgan fingerprint density at radius 1 is 1.23 bits per heavy atom. The van der Waals surface area contributed by atoms with Gasteiger partial charge in [0.2, 0.25) is 5.91 Å². The lowest BCUT2D eigenvalue weighted by molar-refractivity contribution is -0.124. The Balaban J connectivity index is 0.00000196. The quantitative estimate of drug-likeness (QED) is 0.746. The van der Waals surface area contributed by atoms with Crippen LogP contribution in [0.4, 0.5) is 8.78 Å². The van der Waals surface area contributed by atoms with Crippen molar-refractivity contribution in [2.24, 2.45) is 0 Å². The highest BCUT2D eigenvalue weighted by Crippen LogP contribution is 2.10. The van der Waals surface area contributed by atoms with E-state index in [0.717, 1.165) is 10.6 Å². The molecule has 138 valence electrons. The molecule has 0 radical (unpaired) electrons. The van der Waals surface area contributed by atoms with Crippen LogP contribution in [0.3, 0.4) is 0 Å². The minimum atomic E-state index is -1.11. The largest absolute Gasteiger partial charge is 0.350 e. The van der Waals surface area contributed by atoms with Gasteiger partial charge >= 0.3 is 5.69 Å². The Morgan fingerprint density at radius 2 is 1.96 bits per heavy atom. The van der Waals surface area contributed by atoms with Crippen molar-refractivity contribution in [2.45, 2.75) is 19.5 Å². The van der Waals surface area contributed by atoms with Gasteiger partial charge < -0.3 is 10.3 Å². The molecule has 0 saturated heterocycles. The maximum Gasteiger partial charge on any atom is 0.329 e. The van der Waals surface area contributed by atoms with Gasteiger partial charge in [0.15, 0.2) is 0 Å². The fourth-order valence-electron chi connectivity index (χ4n) is 2.64. The molecule has 0 aliphatic carbocycles. The monoisotopic (exact) mass is 363 g/mol. The second-order valence-electron chi connectivity index (χ2n) is 5.78. The molecule has 2 aromatic carbocycles. The Hall–Kier alpha value is -3.29. The summed E-state index contributed by atoms with van der Waals surface area (Å²) in [5.41, 5.74) is -0.851. The molecule has 1 amide bonds. The molecule has 3 rings (SSSR count). The van der Waals surface area contributed by atoms with Gasteiger partial charge in [-0.3, -0.25) is 9.59 Å². The van der Waals surface area contributed by atoms with Gasteiger partial charge in [-0.2, -0.15) is 0 Å². The summed E-state index contributed by atoms with van der Waals surface area (Å²) < 4.78 is 27.3. The van der Waals surface area contributed by atoms with E-state index in [4.69, 9.17) is 0 Å². The van der Waals surface area contributed by atoms with E-state index in [-0.39, 0.29) is 20.3 Å². The van der Waals surface area contributed by atoms with Crippen molar-refractivity contribution in [1.29, 1.82) is 0 Å². The number of aromatic nitrogens is 2. The molecular weight excluding hydrogens is 344 g/mol. The van der Waals surface area contributed by atoms with E-state index in [9.17, 15) is 23.2 Å². The van der Waals surface area contributed by atoms with Gasteiger partial charge in [-0.15, -0.1) is 0 Å². The second-order valence-corrected chi connectivity index (χ2v) is 5.78. The van der Waals surface area contributed by atoms with E-state index >= 15 is 0 Å². The number of H-pyrrole nitrogens is 1. The number of amides is 1. The predicted octanol–water partition coefficient (Wildman–Crippen LogP) is 2.34. The summed E-state index contributed by atoms with van der Waals surface area (Å²) in [6, 6.07) is 8.34. The van der Waals surface area contributed by atoms with Crippen molar-refractivity contribution in [3.63, 3.8) is 0 Å². The van der Waals surface area contributed by atoms with Gasteiger partial charge in [0.1, 0.15) is 17.7 Å². The zero-order chi connectivity index (χ0) is 18.8. The standard InChI is InChI=1S/C18H15F2N3O3.2H2/c1-10(16(24)21-9-11-6-7-12(19)8-14(11)20)23-17(25)13-4-2-3-5-15(13)22-18(23)26;;/h2-8,10H,9H2,1H3,(H,21,24)(H,22,26);2*1H/t10-;;/m0../s1. The third kappa shape index (κ3) is 3.26. The summed E-state index contributed by atoms with van der Waals surface area (Å²) in [5, 5.41) is 2.72. The lowest BCUT2D eigenvalue weighted by Crippen LogP contribution is -2.43. The van der Waals surface area contributed by atoms with Crippen LogP contribution in [0.1, 0.15) is 21.4 Å². The van der Waals surface area contributed by atoms with Crippen molar-refractivity contribution in [1.82, 2.24) is 14.9 Å². The minimum Gasteiger partial charge on any atom is -0.350 e. The van der Waals surface area contributed by atoms with Gasteiger partial charge in [-0.25, -0.2) is 18.1 Å². The summed E-state index contributed by atoms with van der Waals surface area (Å²) in [7, 11) is 0. The molecule has 0 fully saturated rings. The van der Waals surface area contributed by atoms with Crippen LogP contribution >= 0.6 is 0 Å². The van der Waals surface area contributed by atoms with Gasteiger partial charge in [-0.1, -0.05) is 18.2 Å². The number of benzene rings is 2. The minimum absolute atomic E-state index is 0. The molecule has 1 aromatic heterocycles. The predicted molar refractivity (Wildman–Crippen MR) is 96.0 cm³/mol. The number of aromatic amines is 1. The highest BCUT2D eigenvalue weighted by Gasteiger charge is 2.20. The molecule has 1 atom stereocenters. The highest BCUT2D eigenvalue weighted by atomic mass is 19.1. The zero-order valence-electron chi connectivity index (χ0n) is 13.8. The van der Waals surface area contributed by atoms with E-state index in [0.29, 0.717) is 11.6 Å². The summed E-state index contributed by atoms with van der Waals surface area (Å²) in [4.78, 5) is 39.6. The molecule has 0 saturated carbocycles. The first-order chi connectivity index (χ1) is 12.4. The summed E-state index contributed by atoms with van der Waals surface area (Å²) in [6.07, 6.45) is 0. The van der Waals surface area contributed by atoms with Gasteiger partial charge in [0.25, 0.3) is 5.56 Å². The number of carbonyl (C=O) groups is 1. The molecule has 26 heavy (non-hydrogen) atoms. The molecule has 6 nitrogen and oxygen atoms in total. The Kier molecular flexibility index (Phi) is 4.66. The molecule has 8 heteroatoms. The van der Waals surface area contributed by atoms with E-state index in [2.05, 4.69) is 10.3 Å². The number of hydrogen-bond donors (Lipinski definition) is 2. The number of nitrogens with zero attached hydrogens (tertiary/aromatic N) is 1. The third-order valence-corrected chi connectivity index (χ3v) is 4.07. The molecule has 1 heterocycles. The number of fused-ring (bicyclic) bond motifs is 1. The lowest BCUT2D eigenvalue weighted by atomic mass is 10.2. The SMILES string of the molecule is C[C@@H](C(=O)NCc1ccc(F)cc1F)n1c(=O)[nH]c2ccccc2c1=O.[HH].[HH]. The fourth-order valence-corrected chi connectivity index (χ4v) is 2.64. The van der Waals surface area contributed by atoms with E-state index in [1.165, 1.54) is 13.0 Å². The number of halogens is 2.